The monoisotopic (exact) mass is 409 g/mol. The second kappa shape index (κ2) is 5.87. The summed E-state index contributed by atoms with van der Waals surface area (Å²) in [4.78, 5) is 0. The predicted molar refractivity (Wildman–Crippen MR) is 79.2 cm³/mol. The van der Waals surface area contributed by atoms with Crippen molar-refractivity contribution in [2.45, 2.75) is 6.04 Å². The van der Waals surface area contributed by atoms with Gasteiger partial charge in [0.05, 0.1) is 11.1 Å². The van der Waals surface area contributed by atoms with Crippen LogP contribution in [0.3, 0.4) is 0 Å². The first kappa shape index (κ1) is 14.9. The highest BCUT2D eigenvalue weighted by atomic mass is 79.9. The number of benzene rings is 2. The summed E-state index contributed by atoms with van der Waals surface area (Å²) in [6, 6.07) is 6.03. The van der Waals surface area contributed by atoms with E-state index in [-0.39, 0.29) is 11.1 Å². The average Bonchev–Trinajstić information content (AvgIpc) is 2.36. The molecule has 0 bridgehead atoms. The third-order valence-corrected chi connectivity index (χ3v) is 4.36. The van der Waals surface area contributed by atoms with E-state index < -0.39 is 17.7 Å². The van der Waals surface area contributed by atoms with Crippen LogP contribution in [0.2, 0.25) is 5.02 Å². The van der Waals surface area contributed by atoms with Crippen LogP contribution in [0.5, 0.6) is 0 Å². The smallest absolute Gasteiger partial charge is 0.129 e. The molecule has 0 saturated carbocycles. The Morgan fingerprint density at radius 3 is 2.32 bits per heavy atom. The van der Waals surface area contributed by atoms with Crippen LogP contribution in [0.4, 0.5) is 8.78 Å². The molecule has 0 aliphatic carbocycles. The van der Waals surface area contributed by atoms with E-state index in [2.05, 4.69) is 31.9 Å². The molecule has 6 heteroatoms. The van der Waals surface area contributed by atoms with Crippen molar-refractivity contribution < 1.29 is 8.78 Å². The van der Waals surface area contributed by atoms with E-state index in [9.17, 15) is 8.78 Å². The van der Waals surface area contributed by atoms with E-state index in [1.807, 2.05) is 0 Å². The highest BCUT2D eigenvalue weighted by Crippen LogP contribution is 2.32. The maximum atomic E-state index is 13.9. The zero-order chi connectivity index (χ0) is 14.2. The Hall–Kier alpha value is -0.490. The van der Waals surface area contributed by atoms with Gasteiger partial charge in [0.2, 0.25) is 0 Å². The van der Waals surface area contributed by atoms with Crippen LogP contribution < -0.4 is 5.73 Å². The number of hydrogen-bond acceptors (Lipinski definition) is 1. The lowest BCUT2D eigenvalue weighted by atomic mass is 9.99. The molecule has 1 unspecified atom stereocenters. The second-order valence-electron chi connectivity index (χ2n) is 3.93. The van der Waals surface area contributed by atoms with Crippen LogP contribution in [0.1, 0.15) is 17.2 Å². The van der Waals surface area contributed by atoms with Crippen molar-refractivity contribution in [2.75, 3.05) is 0 Å². The molecule has 2 aromatic rings. The summed E-state index contributed by atoms with van der Waals surface area (Å²) in [7, 11) is 0. The Morgan fingerprint density at radius 2 is 1.63 bits per heavy atom. The molecule has 0 fully saturated rings. The number of hydrogen-bond donors (Lipinski definition) is 1. The average molecular weight is 411 g/mol. The Labute approximate surface area is 131 Å². The van der Waals surface area contributed by atoms with E-state index >= 15 is 0 Å². The predicted octanol–water partition coefficient (Wildman–Crippen LogP) is 5.19. The lowest BCUT2D eigenvalue weighted by Gasteiger charge is -2.15. The largest absolute Gasteiger partial charge is 0.320 e. The molecule has 100 valence electrons. The van der Waals surface area contributed by atoms with Crippen LogP contribution in [0.15, 0.2) is 39.3 Å². The third-order valence-electron chi connectivity index (χ3n) is 2.67. The Balaban J connectivity index is 2.52. The summed E-state index contributed by atoms with van der Waals surface area (Å²) in [5, 5.41) is 0.322. The van der Waals surface area contributed by atoms with Gasteiger partial charge >= 0.3 is 0 Å². The molecule has 19 heavy (non-hydrogen) atoms. The fraction of sp³-hybridized carbons (Fsp3) is 0.0769. The zero-order valence-corrected chi connectivity index (χ0v) is 13.4. The van der Waals surface area contributed by atoms with Gasteiger partial charge in [0.1, 0.15) is 11.6 Å². The fourth-order valence-electron chi connectivity index (χ4n) is 1.70. The molecule has 0 aliphatic rings. The number of rotatable bonds is 2. The van der Waals surface area contributed by atoms with Crippen molar-refractivity contribution in [1.82, 2.24) is 0 Å². The van der Waals surface area contributed by atoms with Gasteiger partial charge in [0.15, 0.2) is 0 Å². The quantitative estimate of drug-likeness (QED) is 0.676. The molecule has 0 heterocycles. The normalized spacial score (nSPS) is 12.5. The molecule has 0 aliphatic heterocycles. The minimum Gasteiger partial charge on any atom is -0.320 e. The van der Waals surface area contributed by atoms with Gasteiger partial charge in [0, 0.05) is 20.1 Å². The van der Waals surface area contributed by atoms with E-state index in [1.54, 1.807) is 6.07 Å². The molecule has 0 aromatic heterocycles. The topological polar surface area (TPSA) is 26.0 Å². The first-order valence-electron chi connectivity index (χ1n) is 5.25. The summed E-state index contributed by atoms with van der Waals surface area (Å²) in [6.45, 7) is 0. The maximum absolute atomic E-state index is 13.9. The van der Waals surface area contributed by atoms with Crippen molar-refractivity contribution in [3.8, 4) is 0 Å². The van der Waals surface area contributed by atoms with Gasteiger partial charge in [-0.3, -0.25) is 0 Å². The first-order valence-corrected chi connectivity index (χ1v) is 7.21. The standard InChI is InChI=1S/C13H8Br2ClF2N/c14-6-1-2-11(17)7(3-6)13(19)8-4-10(16)9(15)5-12(8)18/h1-5,13H,19H2. The van der Waals surface area contributed by atoms with Crippen LogP contribution >= 0.6 is 43.5 Å². The Bertz CT molecular complexity index is 634. The van der Waals surface area contributed by atoms with Gasteiger partial charge in [-0.2, -0.15) is 0 Å². The summed E-state index contributed by atoms with van der Waals surface area (Å²) >= 11 is 12.3. The first-order chi connectivity index (χ1) is 8.90. The molecular formula is C13H8Br2ClF2N. The minimum absolute atomic E-state index is 0.144. The van der Waals surface area contributed by atoms with Gasteiger partial charge in [-0.1, -0.05) is 27.5 Å². The van der Waals surface area contributed by atoms with E-state index in [1.165, 1.54) is 24.3 Å². The van der Waals surface area contributed by atoms with Crippen LogP contribution in [-0.2, 0) is 0 Å². The fourth-order valence-corrected chi connectivity index (χ4v) is 2.56. The van der Waals surface area contributed by atoms with Gasteiger partial charge < -0.3 is 5.73 Å². The van der Waals surface area contributed by atoms with E-state index in [0.717, 1.165) is 0 Å². The lowest BCUT2D eigenvalue weighted by Crippen LogP contribution is -2.15. The highest BCUT2D eigenvalue weighted by Gasteiger charge is 2.19. The summed E-state index contributed by atoms with van der Waals surface area (Å²) in [5.74, 6) is -1.03. The second-order valence-corrected chi connectivity index (χ2v) is 6.11. The third kappa shape index (κ3) is 3.16. The van der Waals surface area contributed by atoms with Gasteiger partial charge in [-0.25, -0.2) is 8.78 Å². The zero-order valence-electron chi connectivity index (χ0n) is 9.43. The molecule has 2 rings (SSSR count). The Morgan fingerprint density at radius 1 is 1.00 bits per heavy atom. The van der Waals surface area contributed by atoms with Crippen LogP contribution in [0, 0.1) is 11.6 Å². The minimum atomic E-state index is -0.928. The number of halogens is 5. The molecule has 1 atom stereocenters. The molecule has 2 N–H and O–H groups in total. The summed E-state index contributed by atoms with van der Waals surface area (Å²) < 4.78 is 28.7. The van der Waals surface area contributed by atoms with Gasteiger partial charge in [-0.05, 0) is 46.3 Å². The summed E-state index contributed by atoms with van der Waals surface area (Å²) in [6.07, 6.45) is 0. The van der Waals surface area contributed by atoms with Crippen LogP contribution in [-0.4, -0.2) is 0 Å². The van der Waals surface area contributed by atoms with Crippen molar-refractivity contribution in [3.05, 3.63) is 67.1 Å². The van der Waals surface area contributed by atoms with Crippen molar-refractivity contribution in [1.29, 1.82) is 0 Å². The Kier molecular flexibility index (Phi) is 4.61. The molecule has 0 amide bonds. The molecule has 0 radical (unpaired) electrons. The lowest BCUT2D eigenvalue weighted by molar-refractivity contribution is 0.575. The number of nitrogens with two attached hydrogens (primary N) is 1. The van der Waals surface area contributed by atoms with Crippen molar-refractivity contribution >= 4 is 43.5 Å². The van der Waals surface area contributed by atoms with Crippen molar-refractivity contribution in [3.63, 3.8) is 0 Å². The van der Waals surface area contributed by atoms with E-state index in [4.69, 9.17) is 17.3 Å². The summed E-state index contributed by atoms with van der Waals surface area (Å²) in [5.41, 5.74) is 6.28. The molecule has 0 spiro atoms. The maximum Gasteiger partial charge on any atom is 0.129 e. The van der Waals surface area contributed by atoms with Crippen LogP contribution in [0.25, 0.3) is 0 Å². The van der Waals surface area contributed by atoms with Crippen molar-refractivity contribution in [2.24, 2.45) is 5.73 Å². The molecular weight excluding hydrogens is 403 g/mol. The SMILES string of the molecule is NC(c1cc(Br)ccc1F)c1cc(Cl)c(Br)cc1F. The van der Waals surface area contributed by atoms with E-state index in [0.29, 0.717) is 14.0 Å². The molecule has 0 saturated heterocycles. The van der Waals surface area contributed by atoms with Gasteiger partial charge in [0.25, 0.3) is 0 Å². The van der Waals surface area contributed by atoms with Gasteiger partial charge in [-0.15, -0.1) is 0 Å². The highest BCUT2D eigenvalue weighted by molar-refractivity contribution is 9.10. The molecule has 2 aromatic carbocycles. The molecule has 1 nitrogen and oxygen atoms in total.